The van der Waals surface area contributed by atoms with Gasteiger partial charge in [-0.2, -0.15) is 0 Å². The lowest BCUT2D eigenvalue weighted by Gasteiger charge is -2.21. The van der Waals surface area contributed by atoms with Gasteiger partial charge in [0.25, 0.3) is 0 Å². The van der Waals surface area contributed by atoms with E-state index >= 15 is 0 Å². The number of aliphatic hydroxyl groups excluding tert-OH is 1. The van der Waals surface area contributed by atoms with Gasteiger partial charge in [-0.3, -0.25) is 10.2 Å². The Morgan fingerprint density at radius 3 is 2.50 bits per heavy atom. The molecule has 16 heavy (non-hydrogen) atoms. The van der Waals surface area contributed by atoms with Crippen molar-refractivity contribution in [1.82, 2.24) is 5.43 Å². The summed E-state index contributed by atoms with van der Waals surface area (Å²) in [7, 11) is 0. The van der Waals surface area contributed by atoms with Crippen molar-refractivity contribution in [3.8, 4) is 0 Å². The van der Waals surface area contributed by atoms with Crippen LogP contribution in [0.15, 0.2) is 30.3 Å². The molecule has 1 amide bonds. The number of benzene rings is 1. The first-order valence-electron chi connectivity index (χ1n) is 5.11. The minimum absolute atomic E-state index is 0.109. The van der Waals surface area contributed by atoms with Crippen molar-refractivity contribution in [3.63, 3.8) is 0 Å². The number of aliphatic hydroxyl groups is 1. The van der Waals surface area contributed by atoms with Crippen LogP contribution < -0.4 is 17.0 Å². The molecule has 0 heterocycles. The van der Waals surface area contributed by atoms with Gasteiger partial charge in [-0.1, -0.05) is 30.3 Å². The Bertz CT molecular complexity index is 329. The fourth-order valence-electron chi connectivity index (χ4n) is 1.60. The van der Waals surface area contributed by atoms with Crippen LogP contribution in [0.1, 0.15) is 17.9 Å². The van der Waals surface area contributed by atoms with E-state index in [2.05, 4.69) is 5.43 Å². The van der Waals surface area contributed by atoms with Crippen LogP contribution in [0.3, 0.4) is 0 Å². The quantitative estimate of drug-likeness (QED) is 0.306. The first-order valence-corrected chi connectivity index (χ1v) is 5.11. The molecule has 5 heteroatoms. The van der Waals surface area contributed by atoms with Gasteiger partial charge in [-0.25, -0.2) is 5.84 Å². The number of hydrogen-bond acceptors (Lipinski definition) is 4. The Balaban J connectivity index is 2.83. The van der Waals surface area contributed by atoms with Gasteiger partial charge < -0.3 is 10.8 Å². The molecule has 0 saturated carbocycles. The number of amides is 1. The van der Waals surface area contributed by atoms with E-state index in [0.29, 0.717) is 0 Å². The average Bonchev–Trinajstić information content (AvgIpc) is 2.35. The van der Waals surface area contributed by atoms with Gasteiger partial charge in [-0.05, 0) is 5.56 Å². The maximum atomic E-state index is 11.2. The normalized spacial score (nSPS) is 14.2. The van der Waals surface area contributed by atoms with Crippen molar-refractivity contribution in [3.05, 3.63) is 35.9 Å². The van der Waals surface area contributed by atoms with Crippen LogP contribution in [0.5, 0.6) is 0 Å². The molecule has 0 saturated heterocycles. The Kier molecular flexibility index (Phi) is 4.91. The van der Waals surface area contributed by atoms with Crippen molar-refractivity contribution < 1.29 is 9.90 Å². The molecular weight excluding hydrogens is 206 g/mol. The summed E-state index contributed by atoms with van der Waals surface area (Å²) in [6.45, 7) is 0.109. The molecule has 0 aliphatic carbocycles. The molecule has 0 spiro atoms. The molecule has 0 aromatic heterocycles. The van der Waals surface area contributed by atoms with Gasteiger partial charge >= 0.3 is 0 Å². The zero-order valence-electron chi connectivity index (χ0n) is 8.97. The molecule has 1 aromatic carbocycles. The highest BCUT2D eigenvalue weighted by atomic mass is 16.3. The molecule has 0 bridgehead atoms. The number of rotatable bonds is 5. The summed E-state index contributed by atoms with van der Waals surface area (Å²) in [5, 5.41) is 9.77. The average molecular weight is 223 g/mol. The molecule has 2 unspecified atom stereocenters. The van der Waals surface area contributed by atoms with Crippen LogP contribution in [-0.2, 0) is 4.79 Å². The van der Waals surface area contributed by atoms with E-state index < -0.39 is 6.10 Å². The fraction of sp³-hybridized carbons (Fsp3) is 0.364. The standard InChI is InChI=1S/C11H17N3O2/c12-7-10(15)9(6-11(16)14-13)8-4-2-1-3-5-8/h1-5,9-10,15H,6-7,12-13H2,(H,14,16). The molecule has 2 atom stereocenters. The Hall–Kier alpha value is -1.43. The number of nitrogens with one attached hydrogen (secondary N) is 1. The van der Waals surface area contributed by atoms with Gasteiger partial charge in [0.1, 0.15) is 0 Å². The van der Waals surface area contributed by atoms with Crippen LogP contribution in [0.4, 0.5) is 0 Å². The van der Waals surface area contributed by atoms with E-state index in [9.17, 15) is 9.90 Å². The number of carbonyl (C=O) groups is 1. The Labute approximate surface area is 94.4 Å². The number of carbonyl (C=O) groups excluding carboxylic acids is 1. The zero-order chi connectivity index (χ0) is 12.0. The minimum Gasteiger partial charge on any atom is -0.391 e. The van der Waals surface area contributed by atoms with Crippen molar-refractivity contribution in [2.45, 2.75) is 18.4 Å². The second-order valence-electron chi connectivity index (χ2n) is 3.59. The number of hydrogen-bond donors (Lipinski definition) is 4. The van der Waals surface area contributed by atoms with Crippen molar-refractivity contribution >= 4 is 5.91 Å². The SMILES string of the molecule is NCC(O)C(CC(=O)NN)c1ccccc1. The van der Waals surface area contributed by atoms with Gasteiger partial charge in [0.2, 0.25) is 5.91 Å². The highest BCUT2D eigenvalue weighted by molar-refractivity contribution is 5.76. The smallest absolute Gasteiger partial charge is 0.234 e. The molecule has 88 valence electrons. The largest absolute Gasteiger partial charge is 0.391 e. The maximum Gasteiger partial charge on any atom is 0.234 e. The van der Waals surface area contributed by atoms with Crippen LogP contribution in [-0.4, -0.2) is 23.7 Å². The van der Waals surface area contributed by atoms with Crippen LogP contribution in [0.25, 0.3) is 0 Å². The van der Waals surface area contributed by atoms with Crippen LogP contribution in [0.2, 0.25) is 0 Å². The van der Waals surface area contributed by atoms with Gasteiger partial charge in [0, 0.05) is 18.9 Å². The molecule has 0 aliphatic heterocycles. The predicted molar refractivity (Wildman–Crippen MR) is 61.2 cm³/mol. The monoisotopic (exact) mass is 223 g/mol. The minimum atomic E-state index is -0.750. The van der Waals surface area contributed by atoms with E-state index in [-0.39, 0.29) is 24.8 Å². The van der Waals surface area contributed by atoms with Gasteiger partial charge in [-0.15, -0.1) is 0 Å². The van der Waals surface area contributed by atoms with Crippen molar-refractivity contribution in [2.75, 3.05) is 6.54 Å². The summed E-state index contributed by atoms with van der Waals surface area (Å²) in [6, 6.07) is 9.29. The van der Waals surface area contributed by atoms with Crippen LogP contribution in [0, 0.1) is 0 Å². The lowest BCUT2D eigenvalue weighted by molar-refractivity contribution is -0.122. The Morgan fingerprint density at radius 2 is 2.00 bits per heavy atom. The Morgan fingerprint density at radius 1 is 1.38 bits per heavy atom. The lowest BCUT2D eigenvalue weighted by atomic mass is 9.90. The van der Waals surface area contributed by atoms with E-state index in [4.69, 9.17) is 11.6 Å². The highest BCUT2D eigenvalue weighted by Gasteiger charge is 2.22. The summed E-state index contributed by atoms with van der Waals surface area (Å²) < 4.78 is 0. The van der Waals surface area contributed by atoms with E-state index in [1.54, 1.807) is 0 Å². The summed E-state index contributed by atoms with van der Waals surface area (Å²) in [5.74, 6) is 4.39. The second-order valence-corrected chi connectivity index (χ2v) is 3.59. The van der Waals surface area contributed by atoms with Gasteiger partial charge in [0.15, 0.2) is 0 Å². The molecule has 6 N–H and O–H groups in total. The van der Waals surface area contributed by atoms with Gasteiger partial charge in [0.05, 0.1) is 6.10 Å². The van der Waals surface area contributed by atoms with E-state index in [0.717, 1.165) is 5.56 Å². The first-order chi connectivity index (χ1) is 7.69. The summed E-state index contributed by atoms with van der Waals surface area (Å²) in [6.07, 6.45) is -0.626. The molecule has 0 fully saturated rings. The van der Waals surface area contributed by atoms with Crippen molar-refractivity contribution in [1.29, 1.82) is 0 Å². The molecule has 5 nitrogen and oxygen atoms in total. The topological polar surface area (TPSA) is 101 Å². The van der Waals surface area contributed by atoms with E-state index in [1.165, 1.54) is 0 Å². The maximum absolute atomic E-state index is 11.2. The van der Waals surface area contributed by atoms with Crippen LogP contribution >= 0.6 is 0 Å². The molecule has 0 aliphatic rings. The summed E-state index contributed by atoms with van der Waals surface area (Å²) >= 11 is 0. The van der Waals surface area contributed by atoms with Crippen molar-refractivity contribution in [2.24, 2.45) is 11.6 Å². The van der Waals surface area contributed by atoms with E-state index in [1.807, 2.05) is 30.3 Å². The molecule has 0 radical (unpaired) electrons. The third-order valence-electron chi connectivity index (χ3n) is 2.50. The highest BCUT2D eigenvalue weighted by Crippen LogP contribution is 2.22. The third kappa shape index (κ3) is 3.30. The summed E-state index contributed by atoms with van der Waals surface area (Å²) in [5.41, 5.74) is 8.35. The predicted octanol–water partition coefficient (Wildman–Crippen LogP) is -0.530. The zero-order valence-corrected chi connectivity index (χ0v) is 8.97. The molecule has 1 rings (SSSR count). The third-order valence-corrected chi connectivity index (χ3v) is 2.50. The number of nitrogens with two attached hydrogens (primary N) is 2. The lowest BCUT2D eigenvalue weighted by Crippen LogP contribution is -2.35. The summed E-state index contributed by atoms with van der Waals surface area (Å²) in [4.78, 5) is 11.2. The molecular formula is C11H17N3O2. The molecule has 1 aromatic rings. The number of hydrazine groups is 1. The first kappa shape index (κ1) is 12.6. The second kappa shape index (κ2) is 6.22. The fourth-order valence-corrected chi connectivity index (χ4v) is 1.60.